The van der Waals surface area contributed by atoms with Gasteiger partial charge in [-0.3, -0.25) is 4.79 Å². The SMILES string of the molecule is CCCC(CC(=O)NC1(C(=O)O)CCOCC1)NC(=O)OCC1c2ccccc2-c2ccccc21. The minimum Gasteiger partial charge on any atom is -0.480 e. The Morgan fingerprint density at radius 1 is 1.06 bits per heavy atom. The molecule has 4 rings (SSSR count). The van der Waals surface area contributed by atoms with Gasteiger partial charge in [-0.25, -0.2) is 9.59 Å². The van der Waals surface area contributed by atoms with Crippen LogP contribution < -0.4 is 10.6 Å². The summed E-state index contributed by atoms with van der Waals surface area (Å²) in [6.45, 7) is 2.71. The minimum atomic E-state index is -1.32. The normalized spacial score (nSPS) is 17.1. The Hall–Kier alpha value is -3.39. The van der Waals surface area contributed by atoms with Gasteiger partial charge < -0.3 is 25.2 Å². The van der Waals surface area contributed by atoms with Gasteiger partial charge in [0.25, 0.3) is 0 Å². The van der Waals surface area contributed by atoms with E-state index in [-0.39, 0.29) is 45.0 Å². The first kappa shape index (κ1) is 24.7. The van der Waals surface area contributed by atoms with Gasteiger partial charge >= 0.3 is 12.1 Å². The van der Waals surface area contributed by atoms with Crippen LogP contribution in [0.4, 0.5) is 4.79 Å². The third-order valence-electron chi connectivity index (χ3n) is 6.87. The number of carbonyl (C=O) groups excluding carboxylic acids is 2. The number of nitrogens with one attached hydrogen (secondary N) is 2. The van der Waals surface area contributed by atoms with Gasteiger partial charge in [-0.2, -0.15) is 0 Å². The standard InChI is InChI=1S/C27H32N2O6/c1-2-7-18(16-24(30)29-27(25(31)32)12-14-34-15-13-27)28-26(33)35-17-23-21-10-5-3-8-19(21)20-9-4-6-11-22(20)23/h3-6,8-11,18,23H,2,7,12-17H2,1H3,(H,28,33)(H,29,30)(H,31,32). The van der Waals surface area contributed by atoms with Crippen LogP contribution in [0, 0.1) is 0 Å². The molecule has 35 heavy (non-hydrogen) atoms. The van der Waals surface area contributed by atoms with Gasteiger partial charge in [-0.1, -0.05) is 61.9 Å². The van der Waals surface area contributed by atoms with Crippen molar-refractivity contribution in [3.05, 3.63) is 59.7 Å². The molecule has 0 bridgehead atoms. The molecule has 1 fully saturated rings. The highest BCUT2D eigenvalue weighted by atomic mass is 16.5. The van der Waals surface area contributed by atoms with Crippen molar-refractivity contribution in [2.24, 2.45) is 0 Å². The molecule has 2 aliphatic rings. The van der Waals surface area contributed by atoms with Crippen molar-refractivity contribution >= 4 is 18.0 Å². The zero-order valence-electron chi connectivity index (χ0n) is 19.9. The maximum absolute atomic E-state index is 12.7. The van der Waals surface area contributed by atoms with Crippen LogP contribution in [-0.4, -0.2) is 54.5 Å². The van der Waals surface area contributed by atoms with E-state index in [2.05, 4.69) is 34.9 Å². The summed E-state index contributed by atoms with van der Waals surface area (Å²) in [6, 6.07) is 15.8. The number of fused-ring (bicyclic) bond motifs is 3. The highest BCUT2D eigenvalue weighted by molar-refractivity contribution is 5.87. The Kier molecular flexibility index (Phi) is 7.70. The molecule has 0 saturated carbocycles. The number of carboxylic acid groups (broad SMARTS) is 1. The smallest absolute Gasteiger partial charge is 0.407 e. The predicted octanol–water partition coefficient (Wildman–Crippen LogP) is 3.83. The molecule has 2 aromatic carbocycles. The molecule has 8 heteroatoms. The molecule has 1 heterocycles. The van der Waals surface area contributed by atoms with Crippen molar-refractivity contribution in [3.8, 4) is 11.1 Å². The second-order valence-electron chi connectivity index (χ2n) is 9.21. The highest BCUT2D eigenvalue weighted by Gasteiger charge is 2.41. The van der Waals surface area contributed by atoms with Gasteiger partial charge in [0.2, 0.25) is 5.91 Å². The van der Waals surface area contributed by atoms with E-state index in [1.807, 2.05) is 31.2 Å². The molecule has 1 aliphatic carbocycles. The number of alkyl carbamates (subject to hydrolysis) is 1. The number of benzene rings is 2. The Balaban J connectivity index is 1.35. The molecule has 0 spiro atoms. The summed E-state index contributed by atoms with van der Waals surface area (Å²) >= 11 is 0. The van der Waals surface area contributed by atoms with E-state index < -0.39 is 29.6 Å². The first-order chi connectivity index (χ1) is 16.9. The third-order valence-corrected chi connectivity index (χ3v) is 6.87. The maximum atomic E-state index is 12.7. The molecular weight excluding hydrogens is 448 g/mol. The zero-order chi connectivity index (χ0) is 24.8. The van der Waals surface area contributed by atoms with E-state index in [4.69, 9.17) is 9.47 Å². The van der Waals surface area contributed by atoms with Crippen molar-refractivity contribution < 1.29 is 29.0 Å². The lowest BCUT2D eigenvalue weighted by molar-refractivity contribution is -0.152. The fraction of sp³-hybridized carbons (Fsp3) is 0.444. The predicted molar refractivity (Wildman–Crippen MR) is 130 cm³/mol. The topological polar surface area (TPSA) is 114 Å². The number of hydrogen-bond donors (Lipinski definition) is 3. The molecule has 1 aliphatic heterocycles. The Morgan fingerprint density at radius 2 is 1.66 bits per heavy atom. The van der Waals surface area contributed by atoms with Gasteiger partial charge in [-0.15, -0.1) is 0 Å². The van der Waals surface area contributed by atoms with E-state index in [0.29, 0.717) is 6.42 Å². The number of carboxylic acids is 1. The van der Waals surface area contributed by atoms with E-state index in [9.17, 15) is 19.5 Å². The van der Waals surface area contributed by atoms with Crippen LogP contribution in [-0.2, 0) is 19.1 Å². The molecule has 8 nitrogen and oxygen atoms in total. The van der Waals surface area contributed by atoms with Crippen LogP contribution >= 0.6 is 0 Å². The summed E-state index contributed by atoms with van der Waals surface area (Å²) < 4.78 is 10.9. The van der Waals surface area contributed by atoms with E-state index in [1.54, 1.807) is 0 Å². The maximum Gasteiger partial charge on any atom is 0.407 e. The number of ether oxygens (including phenoxy) is 2. The molecule has 2 amide bonds. The van der Waals surface area contributed by atoms with Crippen LogP contribution in [0.25, 0.3) is 11.1 Å². The number of carbonyl (C=O) groups is 3. The molecule has 3 N–H and O–H groups in total. The van der Waals surface area contributed by atoms with E-state index >= 15 is 0 Å². The number of hydrogen-bond acceptors (Lipinski definition) is 5. The molecule has 1 atom stereocenters. The molecule has 186 valence electrons. The van der Waals surface area contributed by atoms with Crippen molar-refractivity contribution in [1.29, 1.82) is 0 Å². The average molecular weight is 481 g/mol. The molecule has 1 unspecified atom stereocenters. The Morgan fingerprint density at radius 3 is 2.23 bits per heavy atom. The van der Waals surface area contributed by atoms with Crippen molar-refractivity contribution in [2.45, 2.75) is 56.5 Å². The first-order valence-electron chi connectivity index (χ1n) is 12.2. The number of amides is 2. The van der Waals surface area contributed by atoms with Gasteiger partial charge in [0.1, 0.15) is 12.1 Å². The first-order valence-corrected chi connectivity index (χ1v) is 12.2. The van der Waals surface area contributed by atoms with Crippen LogP contribution in [0.5, 0.6) is 0 Å². The van der Waals surface area contributed by atoms with Gasteiger partial charge in [-0.05, 0) is 28.7 Å². The van der Waals surface area contributed by atoms with Crippen LogP contribution in [0.2, 0.25) is 0 Å². The summed E-state index contributed by atoms with van der Waals surface area (Å²) in [5, 5.41) is 15.2. The quantitative estimate of drug-likeness (QED) is 0.503. The summed E-state index contributed by atoms with van der Waals surface area (Å²) in [6.07, 6.45) is 1.14. The lowest BCUT2D eigenvalue weighted by atomic mass is 9.89. The van der Waals surface area contributed by atoms with Crippen molar-refractivity contribution in [1.82, 2.24) is 10.6 Å². The molecule has 2 aromatic rings. The summed E-state index contributed by atoms with van der Waals surface area (Å²) in [4.78, 5) is 37.2. The second kappa shape index (κ2) is 10.9. The fourth-order valence-electron chi connectivity index (χ4n) is 5.03. The second-order valence-corrected chi connectivity index (χ2v) is 9.21. The summed E-state index contributed by atoms with van der Waals surface area (Å²) in [7, 11) is 0. The fourth-order valence-corrected chi connectivity index (χ4v) is 5.03. The minimum absolute atomic E-state index is 0.0199. The molecule has 1 saturated heterocycles. The molecule has 0 aromatic heterocycles. The van der Waals surface area contributed by atoms with E-state index in [1.165, 1.54) is 0 Å². The largest absolute Gasteiger partial charge is 0.480 e. The molecule has 0 radical (unpaired) electrons. The van der Waals surface area contributed by atoms with Crippen LogP contribution in [0.1, 0.15) is 56.1 Å². The summed E-state index contributed by atoms with van der Waals surface area (Å²) in [5.74, 6) is -1.53. The lowest BCUT2D eigenvalue weighted by Crippen LogP contribution is -2.58. The summed E-state index contributed by atoms with van der Waals surface area (Å²) in [5.41, 5.74) is 3.23. The van der Waals surface area contributed by atoms with Gasteiger partial charge in [0.05, 0.1) is 0 Å². The van der Waals surface area contributed by atoms with Crippen molar-refractivity contribution in [2.75, 3.05) is 19.8 Å². The molecular formula is C27H32N2O6. The van der Waals surface area contributed by atoms with Gasteiger partial charge in [0, 0.05) is 44.4 Å². The van der Waals surface area contributed by atoms with Crippen LogP contribution in [0.15, 0.2) is 48.5 Å². The van der Waals surface area contributed by atoms with E-state index in [0.717, 1.165) is 28.7 Å². The number of aliphatic carboxylic acids is 1. The third kappa shape index (κ3) is 5.48. The Labute approximate surface area is 205 Å². The van der Waals surface area contributed by atoms with Gasteiger partial charge in [0.15, 0.2) is 0 Å². The lowest BCUT2D eigenvalue weighted by Gasteiger charge is -2.34. The highest BCUT2D eigenvalue weighted by Crippen LogP contribution is 2.44. The zero-order valence-corrected chi connectivity index (χ0v) is 19.9. The number of rotatable bonds is 9. The Bertz CT molecular complexity index is 1030. The monoisotopic (exact) mass is 480 g/mol. The van der Waals surface area contributed by atoms with Crippen LogP contribution in [0.3, 0.4) is 0 Å². The van der Waals surface area contributed by atoms with Crippen molar-refractivity contribution in [3.63, 3.8) is 0 Å². The average Bonchev–Trinajstić information content (AvgIpc) is 3.17.